The van der Waals surface area contributed by atoms with Gasteiger partial charge < -0.3 is 18.3 Å². The molecule has 0 atom stereocenters. The zero-order chi connectivity index (χ0) is 94.4. The molecule has 16 aromatic carbocycles. The van der Waals surface area contributed by atoms with Crippen molar-refractivity contribution < 1.29 is 0 Å². The van der Waals surface area contributed by atoms with Gasteiger partial charge in [-0.1, -0.05) is 258 Å². The SMILES string of the molecule is CC1(C)c2ccccc2-c2ccc(-c3cc(-c4cc(-n5c6ccccc6c6cc(-c7ccncc7)ccc65)cc(-n5c6ccccc6c6cc(-c7ccncc7)ccc65)c4)nc(-c4ccccc4)n3)cc21.CC1(C)c2ccccc2-c2ccc(-c3nc(-c4ccccc4)nc(-c4cc(-n5c6ccccc6c6cc(-c7ccncc7)ccc65)cc(-n5c6ccccc6c6cc(-c7ccncc7)ccc65)c4)n3)cc21. The van der Waals surface area contributed by atoms with Gasteiger partial charge in [-0.3, -0.25) is 19.9 Å². The van der Waals surface area contributed by atoms with Gasteiger partial charge in [0, 0.05) is 160 Å². The van der Waals surface area contributed by atoms with Gasteiger partial charge in [0.1, 0.15) is 0 Å². The van der Waals surface area contributed by atoms with E-state index in [1.807, 2.05) is 73.8 Å². The van der Waals surface area contributed by atoms with Gasteiger partial charge in [-0.2, -0.15) is 0 Å². The van der Waals surface area contributed by atoms with Gasteiger partial charge in [-0.25, -0.2) is 24.9 Å². The lowest BCUT2D eigenvalue weighted by atomic mass is 9.82. The van der Waals surface area contributed by atoms with E-state index in [1.54, 1.807) is 0 Å². The Morgan fingerprint density at radius 3 is 0.796 bits per heavy atom. The lowest BCUT2D eigenvalue weighted by Gasteiger charge is -2.22. The smallest absolute Gasteiger partial charge is 0.164 e. The van der Waals surface area contributed by atoms with Gasteiger partial charge in [0.2, 0.25) is 0 Å². The summed E-state index contributed by atoms with van der Waals surface area (Å²) in [5.41, 5.74) is 39.4. The number of hydrogen-bond donors (Lipinski definition) is 0. The molecule has 28 rings (SSSR count). The van der Waals surface area contributed by atoms with Gasteiger partial charge in [0.25, 0.3) is 0 Å². The van der Waals surface area contributed by atoms with Gasteiger partial charge in [0.15, 0.2) is 23.3 Å². The van der Waals surface area contributed by atoms with Crippen molar-refractivity contribution in [1.82, 2.24) is 63.1 Å². The minimum atomic E-state index is -0.188. The summed E-state index contributed by atoms with van der Waals surface area (Å²) in [6.07, 6.45) is 14.8. The maximum absolute atomic E-state index is 5.48. The normalized spacial score (nSPS) is 12.8. The summed E-state index contributed by atoms with van der Waals surface area (Å²) in [5, 5.41) is 9.39. The fourth-order valence-electron chi connectivity index (χ4n) is 22.4. The van der Waals surface area contributed by atoms with E-state index < -0.39 is 0 Å². The Morgan fingerprint density at radius 1 is 0.162 bits per heavy atom. The van der Waals surface area contributed by atoms with Crippen molar-refractivity contribution >= 4 is 87.2 Å². The quantitative estimate of drug-likeness (QED) is 0.104. The molecule has 0 radical (unpaired) electrons. The van der Waals surface area contributed by atoms with E-state index in [4.69, 9.17) is 24.9 Å². The molecule has 0 aliphatic heterocycles. The topological polar surface area (TPSA) is 136 Å². The van der Waals surface area contributed by atoms with Crippen LogP contribution in [0, 0.1) is 0 Å². The first-order chi connectivity index (χ1) is 69.9. The number of hydrogen-bond acceptors (Lipinski definition) is 9. The number of pyridine rings is 4. The standard InChI is InChI=1S/C65H44N6.C64H43N7/c1-65(2)56-17-9-6-14-50(56)51-23-20-46(38-57(51)65)58-40-59(69-64(68-58)43-12-4-3-5-13-43)47-34-48(70-60-18-10-7-15-52(60)54-36-44(21-24-62(54)70)41-26-30-66-31-27-41)39-49(35-47)71-61-19-11-8-16-53(61)55-37-45(22-25-63(55)71)42-28-32-67-33-29-42;1-64(2)55-17-9-6-14-49(55)50-23-20-45(38-56(50)64)62-67-61(42-12-4-3-5-13-42)68-63(69-62)46-34-47(70-57-18-10-7-15-51(57)53-36-43(21-24-59(53)70)40-26-30-65-31-27-40)39-48(35-46)71-58-19-11-8-16-52(58)54-37-44(22-25-60(54)71)41-28-32-66-33-29-41/h3-40H,1-2H3;3-39H,1-2H3. The number of fused-ring (bicyclic) bond motifs is 18. The summed E-state index contributed by atoms with van der Waals surface area (Å²) in [6, 6.07) is 146. The van der Waals surface area contributed by atoms with Crippen molar-refractivity contribution in [3.8, 4) is 158 Å². The highest BCUT2D eigenvalue weighted by Gasteiger charge is 2.38. The molecule has 0 saturated carbocycles. The highest BCUT2D eigenvalue weighted by atomic mass is 15.1. The number of rotatable bonds is 14. The summed E-state index contributed by atoms with van der Waals surface area (Å²) in [4.78, 5) is 44.1. The lowest BCUT2D eigenvalue weighted by molar-refractivity contribution is 0.660. The molecule has 10 aromatic heterocycles. The van der Waals surface area contributed by atoms with E-state index in [1.165, 1.54) is 76.8 Å². The fraction of sp³-hybridized carbons (Fsp3) is 0.0465. The molecule has 10 heterocycles. The predicted molar refractivity (Wildman–Crippen MR) is 580 cm³/mol. The van der Waals surface area contributed by atoms with Gasteiger partial charge in [0.05, 0.1) is 55.5 Å². The molecule has 2 aliphatic rings. The van der Waals surface area contributed by atoms with Crippen molar-refractivity contribution in [2.75, 3.05) is 0 Å². The molecule has 668 valence electrons. The summed E-state index contributed by atoms with van der Waals surface area (Å²) in [6.45, 7) is 9.29. The highest BCUT2D eigenvalue weighted by molar-refractivity contribution is 6.15. The van der Waals surface area contributed by atoms with E-state index >= 15 is 0 Å². The molecule has 0 saturated heterocycles. The monoisotopic (exact) mass is 1820 g/mol. The Hall–Kier alpha value is -18.6. The largest absolute Gasteiger partial charge is 0.309 e. The van der Waals surface area contributed by atoms with E-state index in [-0.39, 0.29) is 10.8 Å². The second kappa shape index (κ2) is 33.1. The Morgan fingerprint density at radius 2 is 0.430 bits per heavy atom. The Bertz CT molecular complexity index is 8690. The summed E-state index contributed by atoms with van der Waals surface area (Å²) in [7, 11) is 0. The molecule has 0 amide bonds. The molecule has 13 heteroatoms. The molecule has 0 fully saturated rings. The van der Waals surface area contributed by atoms with Crippen LogP contribution >= 0.6 is 0 Å². The van der Waals surface area contributed by atoms with Crippen LogP contribution in [0.1, 0.15) is 49.9 Å². The fourth-order valence-corrected chi connectivity index (χ4v) is 22.4. The maximum atomic E-state index is 5.48. The molecule has 0 bridgehead atoms. The second-order valence-corrected chi connectivity index (χ2v) is 38.1. The summed E-state index contributed by atoms with van der Waals surface area (Å²) in [5.74, 6) is 2.49. The van der Waals surface area contributed by atoms with Crippen molar-refractivity contribution in [3.63, 3.8) is 0 Å². The minimum Gasteiger partial charge on any atom is -0.309 e. The first-order valence-corrected chi connectivity index (χ1v) is 48.2. The number of nitrogens with zero attached hydrogens (tertiary/aromatic N) is 13. The van der Waals surface area contributed by atoms with Crippen LogP contribution in [0.4, 0.5) is 0 Å². The van der Waals surface area contributed by atoms with E-state index in [0.717, 1.165) is 167 Å². The number of benzene rings is 16. The van der Waals surface area contributed by atoms with Crippen LogP contribution in [0.5, 0.6) is 0 Å². The van der Waals surface area contributed by atoms with Crippen molar-refractivity contribution in [2.45, 2.75) is 38.5 Å². The third-order valence-corrected chi connectivity index (χ3v) is 29.3. The minimum absolute atomic E-state index is 0.161. The lowest BCUT2D eigenvalue weighted by Crippen LogP contribution is -2.15. The van der Waals surface area contributed by atoms with E-state index in [0.29, 0.717) is 23.3 Å². The van der Waals surface area contributed by atoms with Gasteiger partial charge >= 0.3 is 0 Å². The molecule has 0 N–H and O–H groups in total. The third kappa shape index (κ3) is 13.8. The van der Waals surface area contributed by atoms with Crippen LogP contribution in [0.25, 0.3) is 245 Å². The second-order valence-electron chi connectivity index (χ2n) is 38.1. The van der Waals surface area contributed by atoms with Crippen molar-refractivity contribution in [2.24, 2.45) is 0 Å². The van der Waals surface area contributed by atoms with Crippen LogP contribution in [0.3, 0.4) is 0 Å². The average molecular weight is 1820 g/mol. The maximum Gasteiger partial charge on any atom is 0.164 e. The summed E-state index contributed by atoms with van der Waals surface area (Å²) < 4.78 is 9.63. The highest BCUT2D eigenvalue weighted by Crippen LogP contribution is 2.53. The van der Waals surface area contributed by atoms with E-state index in [9.17, 15) is 0 Å². The molecular formula is C129H87N13. The van der Waals surface area contributed by atoms with Crippen LogP contribution < -0.4 is 0 Å². The van der Waals surface area contributed by atoms with Gasteiger partial charge in [-0.05, 0) is 265 Å². The van der Waals surface area contributed by atoms with Crippen LogP contribution in [-0.2, 0) is 10.8 Å². The predicted octanol–water partition coefficient (Wildman–Crippen LogP) is 31.6. The Labute approximate surface area is 819 Å². The third-order valence-electron chi connectivity index (χ3n) is 29.3. The average Bonchev–Trinajstić information content (AvgIpc) is 1.57. The number of para-hydroxylation sites is 4. The zero-order valence-electron chi connectivity index (χ0n) is 78.1. The van der Waals surface area contributed by atoms with Crippen LogP contribution in [0.2, 0.25) is 0 Å². The molecule has 2 aliphatic carbocycles. The Kier molecular flexibility index (Phi) is 19.3. The molecule has 26 aromatic rings. The molecule has 0 spiro atoms. The van der Waals surface area contributed by atoms with Crippen molar-refractivity contribution in [3.05, 3.63) is 478 Å². The molecule has 142 heavy (non-hydrogen) atoms. The Balaban J connectivity index is 0.000000142. The van der Waals surface area contributed by atoms with Crippen LogP contribution in [0.15, 0.2) is 456 Å². The van der Waals surface area contributed by atoms with Crippen molar-refractivity contribution in [1.29, 1.82) is 0 Å². The van der Waals surface area contributed by atoms with Gasteiger partial charge in [-0.15, -0.1) is 0 Å². The number of aromatic nitrogens is 13. The zero-order valence-corrected chi connectivity index (χ0v) is 78.1. The molecular weight excluding hydrogens is 1730 g/mol. The molecule has 13 nitrogen and oxygen atoms in total. The summed E-state index contributed by atoms with van der Waals surface area (Å²) >= 11 is 0. The van der Waals surface area contributed by atoms with Crippen LogP contribution in [-0.4, -0.2) is 63.1 Å². The first kappa shape index (κ1) is 82.8. The first-order valence-electron chi connectivity index (χ1n) is 48.2. The van der Waals surface area contributed by atoms with E-state index in [2.05, 4.69) is 448 Å². The molecule has 0 unspecified atom stereocenters.